The Morgan fingerprint density at radius 2 is 1.83 bits per heavy atom. The smallest absolute Gasteiger partial charge is 0.148 e. The summed E-state index contributed by atoms with van der Waals surface area (Å²) in [5, 5.41) is 8.30. The summed E-state index contributed by atoms with van der Waals surface area (Å²) >= 11 is 5.84. The molecule has 0 aliphatic carbocycles. The molecule has 18 heavy (non-hydrogen) atoms. The average molecular weight is 258 g/mol. The van der Waals surface area contributed by atoms with Crippen LogP contribution >= 0.6 is 11.6 Å². The van der Waals surface area contributed by atoms with Crippen LogP contribution in [0.1, 0.15) is 0 Å². The van der Waals surface area contributed by atoms with Crippen molar-refractivity contribution in [1.29, 1.82) is 0 Å². The molecule has 0 unspecified atom stereocenters. The Bertz CT molecular complexity index is 665. The molecule has 2 aromatic heterocycles. The van der Waals surface area contributed by atoms with Crippen LogP contribution in [0.5, 0.6) is 0 Å². The molecule has 0 fully saturated rings. The predicted octanol–water partition coefficient (Wildman–Crippen LogP) is 2.38. The summed E-state index contributed by atoms with van der Waals surface area (Å²) in [6.45, 7) is 0. The van der Waals surface area contributed by atoms with E-state index >= 15 is 0 Å². The van der Waals surface area contributed by atoms with Crippen LogP contribution in [-0.4, -0.2) is 25.0 Å². The summed E-state index contributed by atoms with van der Waals surface area (Å²) in [5.74, 6) is 0. The monoisotopic (exact) mass is 257 g/mol. The van der Waals surface area contributed by atoms with Gasteiger partial charge in [-0.1, -0.05) is 35.0 Å². The van der Waals surface area contributed by atoms with Crippen molar-refractivity contribution in [3.63, 3.8) is 0 Å². The number of aromatic nitrogens is 5. The SMILES string of the molecule is Clc1cncc(-c2cnnn2-c2ccccc2)n1. The third-order valence-electron chi connectivity index (χ3n) is 2.42. The number of halogens is 1. The molecule has 0 saturated heterocycles. The Morgan fingerprint density at radius 1 is 1.00 bits per heavy atom. The molecule has 0 bridgehead atoms. The standard InChI is InChI=1S/C12H8ClN5/c13-12-8-14-6-10(16-12)11-7-15-17-18(11)9-4-2-1-3-5-9/h1-8H. The van der Waals surface area contributed by atoms with Crippen LogP contribution in [0.2, 0.25) is 5.15 Å². The van der Waals surface area contributed by atoms with E-state index in [4.69, 9.17) is 11.6 Å². The van der Waals surface area contributed by atoms with Gasteiger partial charge in [0.05, 0.1) is 24.3 Å². The summed E-state index contributed by atoms with van der Waals surface area (Å²) in [7, 11) is 0. The van der Waals surface area contributed by atoms with Gasteiger partial charge in [-0.15, -0.1) is 5.10 Å². The van der Waals surface area contributed by atoms with Crippen molar-refractivity contribution in [2.24, 2.45) is 0 Å². The minimum Gasteiger partial charge on any atom is -0.259 e. The molecule has 0 spiro atoms. The van der Waals surface area contributed by atoms with E-state index in [2.05, 4.69) is 20.3 Å². The number of nitrogens with zero attached hydrogens (tertiary/aromatic N) is 5. The highest BCUT2D eigenvalue weighted by molar-refractivity contribution is 6.29. The van der Waals surface area contributed by atoms with E-state index in [0.717, 1.165) is 11.4 Å². The van der Waals surface area contributed by atoms with Crippen molar-refractivity contribution in [3.8, 4) is 17.1 Å². The van der Waals surface area contributed by atoms with Crippen molar-refractivity contribution >= 4 is 11.6 Å². The molecule has 88 valence electrons. The van der Waals surface area contributed by atoms with Crippen molar-refractivity contribution in [2.45, 2.75) is 0 Å². The first-order chi connectivity index (χ1) is 8.84. The lowest BCUT2D eigenvalue weighted by molar-refractivity contribution is 0.806. The lowest BCUT2D eigenvalue weighted by Crippen LogP contribution is -2.00. The molecule has 2 heterocycles. The van der Waals surface area contributed by atoms with Crippen molar-refractivity contribution in [3.05, 3.63) is 54.1 Å². The first-order valence-corrected chi connectivity index (χ1v) is 5.66. The van der Waals surface area contributed by atoms with E-state index in [1.165, 1.54) is 6.20 Å². The lowest BCUT2D eigenvalue weighted by Gasteiger charge is -2.04. The van der Waals surface area contributed by atoms with Gasteiger partial charge in [0, 0.05) is 0 Å². The molecule has 1 aromatic carbocycles. The highest BCUT2D eigenvalue weighted by Crippen LogP contribution is 2.19. The van der Waals surface area contributed by atoms with Gasteiger partial charge in [0.2, 0.25) is 0 Å². The molecule has 6 heteroatoms. The Balaban J connectivity index is 2.13. The fraction of sp³-hybridized carbons (Fsp3) is 0. The lowest BCUT2D eigenvalue weighted by atomic mass is 10.3. The summed E-state index contributed by atoms with van der Waals surface area (Å²) in [6, 6.07) is 9.69. The second-order valence-electron chi connectivity index (χ2n) is 3.59. The van der Waals surface area contributed by atoms with E-state index < -0.39 is 0 Å². The zero-order valence-electron chi connectivity index (χ0n) is 9.23. The van der Waals surface area contributed by atoms with Gasteiger partial charge in [-0.05, 0) is 12.1 Å². The minimum absolute atomic E-state index is 0.341. The summed E-state index contributed by atoms with van der Waals surface area (Å²) in [6.07, 6.45) is 4.75. The van der Waals surface area contributed by atoms with Gasteiger partial charge in [0.15, 0.2) is 0 Å². The molecule has 0 aliphatic rings. The van der Waals surface area contributed by atoms with Gasteiger partial charge in [0.1, 0.15) is 16.5 Å². The summed E-state index contributed by atoms with van der Waals surface area (Å²) in [5.41, 5.74) is 2.29. The topological polar surface area (TPSA) is 56.5 Å². The van der Waals surface area contributed by atoms with Crippen molar-refractivity contribution < 1.29 is 0 Å². The largest absolute Gasteiger partial charge is 0.259 e. The summed E-state index contributed by atoms with van der Waals surface area (Å²) in [4.78, 5) is 8.22. The van der Waals surface area contributed by atoms with Gasteiger partial charge in [-0.25, -0.2) is 9.67 Å². The molecule has 0 N–H and O–H groups in total. The Morgan fingerprint density at radius 3 is 2.61 bits per heavy atom. The second-order valence-corrected chi connectivity index (χ2v) is 3.98. The van der Waals surface area contributed by atoms with Crippen LogP contribution in [-0.2, 0) is 0 Å². The quantitative estimate of drug-likeness (QED) is 0.707. The molecule has 0 saturated carbocycles. The van der Waals surface area contributed by atoms with Crippen LogP contribution in [0.25, 0.3) is 17.1 Å². The van der Waals surface area contributed by atoms with E-state index in [1.54, 1.807) is 17.1 Å². The van der Waals surface area contributed by atoms with E-state index in [-0.39, 0.29) is 0 Å². The molecule has 0 atom stereocenters. The maximum absolute atomic E-state index is 5.84. The normalized spacial score (nSPS) is 10.5. The molecule has 0 radical (unpaired) electrons. The van der Waals surface area contributed by atoms with Gasteiger partial charge in [-0.3, -0.25) is 4.98 Å². The highest BCUT2D eigenvalue weighted by Gasteiger charge is 2.10. The molecular weight excluding hydrogens is 250 g/mol. The molecule has 5 nitrogen and oxygen atoms in total. The van der Waals surface area contributed by atoms with Crippen LogP contribution < -0.4 is 0 Å². The molecule has 3 aromatic rings. The van der Waals surface area contributed by atoms with Gasteiger partial charge < -0.3 is 0 Å². The predicted molar refractivity (Wildman–Crippen MR) is 67.4 cm³/mol. The minimum atomic E-state index is 0.341. The van der Waals surface area contributed by atoms with Gasteiger partial charge in [-0.2, -0.15) is 0 Å². The Kier molecular flexibility index (Phi) is 2.74. The molecule has 0 amide bonds. The van der Waals surface area contributed by atoms with Crippen molar-refractivity contribution in [1.82, 2.24) is 25.0 Å². The fourth-order valence-corrected chi connectivity index (χ4v) is 1.78. The zero-order valence-corrected chi connectivity index (χ0v) is 9.99. The van der Waals surface area contributed by atoms with Crippen LogP contribution in [0.4, 0.5) is 0 Å². The number of hydrogen-bond donors (Lipinski definition) is 0. The van der Waals surface area contributed by atoms with Gasteiger partial charge in [0.25, 0.3) is 0 Å². The Hall–Kier alpha value is -2.27. The number of rotatable bonds is 2. The fourth-order valence-electron chi connectivity index (χ4n) is 1.64. The molecular formula is C12H8ClN5. The Labute approximate surface area is 108 Å². The second kappa shape index (κ2) is 4.54. The number of para-hydroxylation sites is 1. The third kappa shape index (κ3) is 1.96. The van der Waals surface area contributed by atoms with Gasteiger partial charge >= 0.3 is 0 Å². The van der Waals surface area contributed by atoms with Crippen LogP contribution in [0, 0.1) is 0 Å². The maximum atomic E-state index is 5.84. The first-order valence-electron chi connectivity index (χ1n) is 5.28. The number of benzene rings is 1. The van der Waals surface area contributed by atoms with Crippen LogP contribution in [0.3, 0.4) is 0 Å². The van der Waals surface area contributed by atoms with E-state index in [0.29, 0.717) is 10.8 Å². The van der Waals surface area contributed by atoms with E-state index in [9.17, 15) is 0 Å². The van der Waals surface area contributed by atoms with Crippen LogP contribution in [0.15, 0.2) is 48.9 Å². The first kappa shape index (κ1) is 10.9. The molecule has 3 rings (SSSR count). The zero-order chi connectivity index (χ0) is 12.4. The maximum Gasteiger partial charge on any atom is 0.148 e. The van der Waals surface area contributed by atoms with Crippen molar-refractivity contribution in [2.75, 3.05) is 0 Å². The average Bonchev–Trinajstić information content (AvgIpc) is 2.89. The third-order valence-corrected chi connectivity index (χ3v) is 2.60. The number of hydrogen-bond acceptors (Lipinski definition) is 4. The van der Waals surface area contributed by atoms with E-state index in [1.807, 2.05) is 30.3 Å². The summed E-state index contributed by atoms with van der Waals surface area (Å²) < 4.78 is 1.69. The molecule has 0 aliphatic heterocycles. The highest BCUT2D eigenvalue weighted by atomic mass is 35.5.